The van der Waals surface area contributed by atoms with Gasteiger partial charge in [-0.05, 0) is 19.8 Å². The Bertz CT molecular complexity index is 475. The fourth-order valence-electron chi connectivity index (χ4n) is 2.54. The van der Waals surface area contributed by atoms with Crippen LogP contribution in [-0.4, -0.2) is 39.9 Å². The first-order valence-corrected chi connectivity index (χ1v) is 8.39. The van der Waals surface area contributed by atoms with E-state index in [9.17, 15) is 32.8 Å². The van der Waals surface area contributed by atoms with Crippen molar-refractivity contribution < 1.29 is 32.8 Å². The van der Waals surface area contributed by atoms with Gasteiger partial charge in [-0.25, -0.2) is 0 Å². The number of hydrogen-bond acceptors (Lipinski definition) is 4. The summed E-state index contributed by atoms with van der Waals surface area (Å²) < 4.78 is 30.0. The van der Waals surface area contributed by atoms with E-state index in [0.29, 0.717) is 25.7 Å². The number of carbonyl (C=O) groups is 2. The molecule has 0 aromatic heterocycles. The minimum Gasteiger partial charge on any atom is -0.481 e. The fraction of sp³-hybridized carbons (Fsp3) is 0.846. The molecule has 124 valence electrons. The Morgan fingerprint density at radius 2 is 1.33 bits per heavy atom. The zero-order valence-corrected chi connectivity index (χ0v) is 13.4. The molecule has 0 aliphatic rings. The number of aliphatic carboxylic acids is 2. The molecule has 0 spiro atoms. The summed E-state index contributed by atoms with van der Waals surface area (Å²) in [5, 5.41) is 18.9. The maximum atomic E-state index is 11.8. The highest BCUT2D eigenvalue weighted by molar-refractivity contribution is 7.88. The zero-order valence-electron chi connectivity index (χ0n) is 12.6. The van der Waals surface area contributed by atoms with Gasteiger partial charge in [0, 0.05) is 0 Å². The Kier molecular flexibility index (Phi) is 6.82. The molecular formula is C13H24O7S. The van der Waals surface area contributed by atoms with Gasteiger partial charge < -0.3 is 10.2 Å². The maximum Gasteiger partial charge on any atom is 0.328 e. The summed E-state index contributed by atoms with van der Waals surface area (Å²) >= 11 is 0. The second-order valence-electron chi connectivity index (χ2n) is 5.41. The second kappa shape index (κ2) is 7.22. The molecule has 0 saturated carbocycles. The Morgan fingerprint density at radius 3 is 1.52 bits per heavy atom. The van der Waals surface area contributed by atoms with Gasteiger partial charge in [-0.1, -0.05) is 39.5 Å². The van der Waals surface area contributed by atoms with Gasteiger partial charge in [0.05, 0.1) is 0 Å². The first kappa shape index (κ1) is 19.9. The Hall–Kier alpha value is -1.15. The lowest BCUT2D eigenvalue weighted by Gasteiger charge is -2.40. The summed E-state index contributed by atoms with van der Waals surface area (Å²) in [7, 11) is -5.11. The van der Waals surface area contributed by atoms with Crippen molar-refractivity contribution in [3.05, 3.63) is 0 Å². The maximum absolute atomic E-state index is 11.8. The highest BCUT2D eigenvalue weighted by atomic mass is 32.2. The van der Waals surface area contributed by atoms with Gasteiger partial charge in [-0.15, -0.1) is 0 Å². The highest BCUT2D eigenvalue weighted by Crippen LogP contribution is 2.46. The molecule has 0 heterocycles. The lowest BCUT2D eigenvalue weighted by atomic mass is 9.68. The molecule has 0 aromatic carbocycles. The molecule has 0 rings (SSSR count). The summed E-state index contributed by atoms with van der Waals surface area (Å²) in [5.74, 6) is -3.36. The first-order valence-electron chi connectivity index (χ1n) is 6.95. The molecule has 0 aliphatic carbocycles. The predicted molar refractivity (Wildman–Crippen MR) is 76.7 cm³/mol. The molecule has 7 nitrogen and oxygen atoms in total. The zero-order chi connectivity index (χ0) is 16.9. The smallest absolute Gasteiger partial charge is 0.328 e. The van der Waals surface area contributed by atoms with Gasteiger partial charge in [-0.3, -0.25) is 14.1 Å². The summed E-state index contributed by atoms with van der Waals surface area (Å²) in [6.07, 6.45) is 1.64. The number of carboxylic acids is 2. The quantitative estimate of drug-likeness (QED) is 0.525. The van der Waals surface area contributed by atoms with E-state index in [-0.39, 0.29) is 12.8 Å². The van der Waals surface area contributed by atoms with Crippen LogP contribution < -0.4 is 0 Å². The molecule has 0 aromatic rings. The number of hydrogen-bond donors (Lipinski definition) is 3. The van der Waals surface area contributed by atoms with Gasteiger partial charge in [0.2, 0.25) is 4.75 Å². The standard InChI is InChI=1S/C13H24O7S/c1-4-6-8-13(11(16)17,9-7-5-2)12(3,10(14)15)21(18,19)20/h4-9H2,1-3H3,(H,14,15)(H,16,17)(H,18,19,20). The van der Waals surface area contributed by atoms with E-state index in [1.54, 1.807) is 13.8 Å². The van der Waals surface area contributed by atoms with Crippen LogP contribution >= 0.6 is 0 Å². The Balaban J connectivity index is 6.27. The predicted octanol–water partition coefficient (Wildman–Crippen LogP) is 2.17. The van der Waals surface area contributed by atoms with Gasteiger partial charge in [0.25, 0.3) is 10.1 Å². The van der Waals surface area contributed by atoms with Crippen molar-refractivity contribution >= 4 is 22.1 Å². The van der Waals surface area contributed by atoms with Crippen LogP contribution in [0.2, 0.25) is 0 Å². The first-order chi connectivity index (χ1) is 9.51. The minimum absolute atomic E-state index is 0.124. The summed E-state index contributed by atoms with van der Waals surface area (Å²) in [4.78, 5) is 23.3. The van der Waals surface area contributed by atoms with Gasteiger partial charge >= 0.3 is 11.9 Å². The van der Waals surface area contributed by atoms with E-state index >= 15 is 0 Å². The van der Waals surface area contributed by atoms with E-state index in [1.165, 1.54) is 0 Å². The lowest BCUT2D eigenvalue weighted by Crippen LogP contribution is -2.60. The molecule has 0 fully saturated rings. The molecule has 0 amide bonds. The Labute approximate surface area is 125 Å². The molecule has 1 atom stereocenters. The van der Waals surface area contributed by atoms with Gasteiger partial charge in [0.15, 0.2) is 0 Å². The normalized spacial score (nSPS) is 15.4. The molecule has 0 aliphatic heterocycles. The van der Waals surface area contributed by atoms with E-state index < -0.39 is 32.2 Å². The minimum atomic E-state index is -5.11. The molecule has 0 radical (unpaired) electrons. The third-order valence-electron chi connectivity index (χ3n) is 4.16. The van der Waals surface area contributed by atoms with Crippen LogP contribution in [0.5, 0.6) is 0 Å². The summed E-state index contributed by atoms with van der Waals surface area (Å²) in [5.41, 5.74) is -2.06. The van der Waals surface area contributed by atoms with Crippen LogP contribution in [0.4, 0.5) is 0 Å². The molecule has 1 unspecified atom stereocenters. The summed E-state index contributed by atoms with van der Waals surface area (Å²) in [6, 6.07) is 0. The highest BCUT2D eigenvalue weighted by Gasteiger charge is 2.65. The molecule has 3 N–H and O–H groups in total. The third kappa shape index (κ3) is 3.55. The third-order valence-corrected chi connectivity index (χ3v) is 5.76. The monoisotopic (exact) mass is 324 g/mol. The van der Waals surface area contributed by atoms with Crippen LogP contribution in [0.25, 0.3) is 0 Å². The topological polar surface area (TPSA) is 129 Å². The molecule has 21 heavy (non-hydrogen) atoms. The molecule has 8 heteroatoms. The fourth-order valence-corrected chi connectivity index (χ4v) is 3.54. The SMILES string of the molecule is CCCCC(CCCC)(C(=O)O)C(C)(C(=O)O)S(=O)(=O)O. The van der Waals surface area contributed by atoms with E-state index in [1.807, 2.05) is 0 Å². The average Bonchev–Trinajstić information content (AvgIpc) is 2.36. The Morgan fingerprint density at radius 1 is 0.952 bits per heavy atom. The van der Waals surface area contributed by atoms with Crippen molar-refractivity contribution in [3.63, 3.8) is 0 Å². The molecular weight excluding hydrogens is 300 g/mol. The number of rotatable bonds is 10. The van der Waals surface area contributed by atoms with Crippen molar-refractivity contribution in [2.45, 2.75) is 64.0 Å². The molecule has 0 bridgehead atoms. The van der Waals surface area contributed by atoms with Crippen LogP contribution in [0.15, 0.2) is 0 Å². The lowest BCUT2D eigenvalue weighted by molar-refractivity contribution is -0.161. The van der Waals surface area contributed by atoms with Crippen molar-refractivity contribution in [2.75, 3.05) is 0 Å². The van der Waals surface area contributed by atoms with Crippen LogP contribution in [-0.2, 0) is 19.7 Å². The largest absolute Gasteiger partial charge is 0.481 e. The molecule has 0 saturated heterocycles. The number of unbranched alkanes of at least 4 members (excludes halogenated alkanes) is 2. The van der Waals surface area contributed by atoms with E-state index in [2.05, 4.69) is 0 Å². The van der Waals surface area contributed by atoms with Gasteiger partial charge in [0.1, 0.15) is 5.41 Å². The van der Waals surface area contributed by atoms with Crippen molar-refractivity contribution in [2.24, 2.45) is 5.41 Å². The van der Waals surface area contributed by atoms with Crippen LogP contribution in [0, 0.1) is 5.41 Å². The van der Waals surface area contributed by atoms with Crippen LogP contribution in [0.3, 0.4) is 0 Å². The van der Waals surface area contributed by atoms with E-state index in [0.717, 1.165) is 6.92 Å². The van der Waals surface area contributed by atoms with E-state index in [4.69, 9.17) is 0 Å². The van der Waals surface area contributed by atoms with Crippen molar-refractivity contribution in [3.8, 4) is 0 Å². The van der Waals surface area contributed by atoms with Crippen LogP contribution in [0.1, 0.15) is 59.3 Å². The van der Waals surface area contributed by atoms with Crippen molar-refractivity contribution in [1.29, 1.82) is 0 Å². The van der Waals surface area contributed by atoms with Gasteiger partial charge in [-0.2, -0.15) is 8.42 Å². The van der Waals surface area contributed by atoms with Crippen molar-refractivity contribution in [1.82, 2.24) is 0 Å². The number of carboxylic acid groups (broad SMARTS) is 2. The second-order valence-corrected chi connectivity index (χ2v) is 7.17. The summed E-state index contributed by atoms with van der Waals surface area (Å²) in [6.45, 7) is 4.36. The average molecular weight is 324 g/mol.